The van der Waals surface area contributed by atoms with Gasteiger partial charge in [-0.1, -0.05) is 0 Å². The number of aliphatic carboxylic acids is 1. The van der Waals surface area contributed by atoms with Crippen molar-refractivity contribution in [2.45, 2.75) is 52.5 Å². The maximum Gasteiger partial charge on any atom is 0.315 e. The summed E-state index contributed by atoms with van der Waals surface area (Å²) in [5.74, 6) is -0.942. The number of carbonyl (C=O) groups is 2. The smallest absolute Gasteiger partial charge is 0.315 e. The molecule has 0 aromatic carbocycles. The van der Waals surface area contributed by atoms with Gasteiger partial charge in [0, 0.05) is 20.3 Å². The van der Waals surface area contributed by atoms with Gasteiger partial charge in [-0.2, -0.15) is 0 Å². The molecule has 0 spiro atoms. The lowest BCUT2D eigenvalue weighted by molar-refractivity contribution is -0.150. The summed E-state index contributed by atoms with van der Waals surface area (Å²) >= 11 is 0. The lowest BCUT2D eigenvalue weighted by atomic mass is 9.74. The van der Waals surface area contributed by atoms with Crippen molar-refractivity contribution in [1.82, 2.24) is 10.6 Å². The molecule has 0 saturated carbocycles. The third-order valence-electron chi connectivity index (χ3n) is 3.83. The molecule has 0 aromatic rings. The fourth-order valence-corrected chi connectivity index (χ4v) is 1.50. The number of hydrogen-bond donors (Lipinski definition) is 3. The summed E-state index contributed by atoms with van der Waals surface area (Å²) in [5.41, 5.74) is -1.90. The van der Waals surface area contributed by atoms with E-state index < -0.39 is 16.9 Å². The standard InChI is InChI=1S/C14H28N2O4/c1-13(2,11(17)18)14(3,4)16-12(19)15-9-7-6-8-10-20-5/h6-10H2,1-5H3,(H,17,18)(H2,15,16,19). The van der Waals surface area contributed by atoms with Crippen molar-refractivity contribution >= 4 is 12.0 Å². The number of amides is 2. The van der Waals surface area contributed by atoms with Crippen LogP contribution < -0.4 is 10.6 Å². The van der Waals surface area contributed by atoms with Crippen molar-refractivity contribution in [2.24, 2.45) is 5.41 Å². The van der Waals surface area contributed by atoms with Crippen molar-refractivity contribution in [3.05, 3.63) is 0 Å². The summed E-state index contributed by atoms with van der Waals surface area (Å²) in [6.45, 7) is 7.91. The van der Waals surface area contributed by atoms with Gasteiger partial charge in [-0.05, 0) is 47.0 Å². The minimum atomic E-state index is -1.05. The number of carbonyl (C=O) groups excluding carboxylic acids is 1. The Bertz CT molecular complexity index is 327. The second-order valence-corrected chi connectivity index (χ2v) is 5.99. The molecule has 6 heteroatoms. The Morgan fingerprint density at radius 2 is 1.70 bits per heavy atom. The van der Waals surface area contributed by atoms with Crippen LogP contribution in [0.15, 0.2) is 0 Å². The summed E-state index contributed by atoms with van der Waals surface area (Å²) in [6.07, 6.45) is 2.83. The van der Waals surface area contributed by atoms with Crippen LogP contribution in [-0.2, 0) is 9.53 Å². The quantitative estimate of drug-likeness (QED) is 0.566. The number of rotatable bonds is 9. The van der Waals surface area contributed by atoms with Crippen LogP contribution in [-0.4, -0.2) is 42.9 Å². The Kier molecular flexibility index (Phi) is 7.57. The second-order valence-electron chi connectivity index (χ2n) is 5.99. The second kappa shape index (κ2) is 8.09. The lowest BCUT2D eigenvalue weighted by Crippen LogP contribution is -2.59. The van der Waals surface area contributed by atoms with Gasteiger partial charge in [0.25, 0.3) is 0 Å². The van der Waals surface area contributed by atoms with Crippen LogP contribution in [0, 0.1) is 5.41 Å². The molecular formula is C14H28N2O4. The summed E-state index contributed by atoms with van der Waals surface area (Å²) in [6, 6.07) is -0.337. The van der Waals surface area contributed by atoms with Crippen LogP contribution in [0.2, 0.25) is 0 Å². The monoisotopic (exact) mass is 288 g/mol. The van der Waals surface area contributed by atoms with E-state index >= 15 is 0 Å². The summed E-state index contributed by atoms with van der Waals surface area (Å²) in [7, 11) is 1.66. The molecule has 0 heterocycles. The van der Waals surface area contributed by atoms with Gasteiger partial charge in [-0.25, -0.2) is 4.79 Å². The fourth-order valence-electron chi connectivity index (χ4n) is 1.50. The van der Waals surface area contributed by atoms with E-state index in [1.165, 1.54) is 0 Å². The summed E-state index contributed by atoms with van der Waals surface area (Å²) in [5, 5.41) is 14.7. The van der Waals surface area contributed by atoms with Crippen molar-refractivity contribution < 1.29 is 19.4 Å². The van der Waals surface area contributed by atoms with Crippen molar-refractivity contribution in [1.29, 1.82) is 0 Å². The molecule has 0 saturated heterocycles. The predicted octanol–water partition coefficient (Wildman–Crippen LogP) is 1.99. The molecule has 0 radical (unpaired) electrons. The Morgan fingerprint density at radius 3 is 2.20 bits per heavy atom. The molecule has 0 aromatic heterocycles. The highest BCUT2D eigenvalue weighted by molar-refractivity contribution is 5.79. The van der Waals surface area contributed by atoms with E-state index in [2.05, 4.69) is 10.6 Å². The molecule has 0 aliphatic carbocycles. The highest BCUT2D eigenvalue weighted by Crippen LogP contribution is 2.30. The summed E-state index contributed by atoms with van der Waals surface area (Å²) in [4.78, 5) is 23.0. The SMILES string of the molecule is COCCCCCNC(=O)NC(C)(C)C(C)(C)C(=O)O. The van der Waals surface area contributed by atoms with Crippen LogP contribution in [0.3, 0.4) is 0 Å². The number of ether oxygens (including phenoxy) is 1. The zero-order chi connectivity index (χ0) is 15.8. The van der Waals surface area contributed by atoms with Gasteiger partial charge in [0.15, 0.2) is 0 Å². The molecular weight excluding hydrogens is 260 g/mol. The van der Waals surface area contributed by atoms with Gasteiger partial charge < -0.3 is 20.5 Å². The summed E-state index contributed by atoms with van der Waals surface area (Å²) < 4.78 is 4.94. The first kappa shape index (κ1) is 18.7. The molecule has 118 valence electrons. The molecule has 0 aliphatic heterocycles. The number of carboxylic acids is 1. The van der Waals surface area contributed by atoms with E-state index in [0.29, 0.717) is 6.54 Å². The zero-order valence-corrected chi connectivity index (χ0v) is 13.2. The Hall–Kier alpha value is -1.30. The maximum absolute atomic E-state index is 11.8. The fraction of sp³-hybridized carbons (Fsp3) is 0.857. The van der Waals surface area contributed by atoms with Crippen molar-refractivity contribution in [2.75, 3.05) is 20.3 Å². The molecule has 0 unspecified atom stereocenters. The molecule has 20 heavy (non-hydrogen) atoms. The maximum atomic E-state index is 11.8. The number of unbranched alkanes of at least 4 members (excludes halogenated alkanes) is 2. The number of methoxy groups -OCH3 is 1. The van der Waals surface area contributed by atoms with Gasteiger partial charge in [-0.15, -0.1) is 0 Å². The highest BCUT2D eigenvalue weighted by Gasteiger charge is 2.44. The van der Waals surface area contributed by atoms with Crippen LogP contribution in [0.4, 0.5) is 4.79 Å². The van der Waals surface area contributed by atoms with Crippen molar-refractivity contribution in [3.63, 3.8) is 0 Å². The zero-order valence-electron chi connectivity index (χ0n) is 13.2. The Labute approximate surface area is 121 Å². The average molecular weight is 288 g/mol. The number of urea groups is 1. The predicted molar refractivity (Wildman–Crippen MR) is 77.8 cm³/mol. The van der Waals surface area contributed by atoms with Gasteiger partial charge in [0.1, 0.15) is 0 Å². The van der Waals surface area contributed by atoms with E-state index in [9.17, 15) is 14.7 Å². The van der Waals surface area contributed by atoms with Gasteiger partial charge in [0.2, 0.25) is 0 Å². The van der Waals surface area contributed by atoms with E-state index in [1.807, 2.05) is 0 Å². The topological polar surface area (TPSA) is 87.7 Å². The third kappa shape index (κ3) is 5.77. The third-order valence-corrected chi connectivity index (χ3v) is 3.83. The van der Waals surface area contributed by atoms with Gasteiger partial charge in [-0.3, -0.25) is 4.79 Å². The van der Waals surface area contributed by atoms with Gasteiger partial charge >= 0.3 is 12.0 Å². The molecule has 2 amide bonds. The molecule has 0 atom stereocenters. The van der Waals surface area contributed by atoms with E-state index in [4.69, 9.17) is 4.74 Å². The van der Waals surface area contributed by atoms with E-state index in [0.717, 1.165) is 25.9 Å². The van der Waals surface area contributed by atoms with Gasteiger partial charge in [0.05, 0.1) is 11.0 Å². The molecule has 0 bridgehead atoms. The molecule has 6 nitrogen and oxygen atoms in total. The molecule has 0 aliphatic rings. The first-order valence-electron chi connectivity index (χ1n) is 6.93. The molecule has 0 fully saturated rings. The van der Waals surface area contributed by atoms with Crippen molar-refractivity contribution in [3.8, 4) is 0 Å². The first-order chi connectivity index (χ1) is 9.15. The Balaban J connectivity index is 4.10. The van der Waals surface area contributed by atoms with E-state index in [1.54, 1.807) is 34.8 Å². The minimum Gasteiger partial charge on any atom is -0.481 e. The molecule has 0 rings (SSSR count). The minimum absolute atomic E-state index is 0.337. The molecule has 3 N–H and O–H groups in total. The number of nitrogens with one attached hydrogen (secondary N) is 2. The highest BCUT2D eigenvalue weighted by atomic mass is 16.5. The first-order valence-corrected chi connectivity index (χ1v) is 6.93. The van der Waals surface area contributed by atoms with E-state index in [-0.39, 0.29) is 6.03 Å². The normalized spacial score (nSPS) is 12.1. The number of hydrogen-bond acceptors (Lipinski definition) is 3. The van der Waals surface area contributed by atoms with Crippen LogP contribution in [0.5, 0.6) is 0 Å². The average Bonchev–Trinajstić information content (AvgIpc) is 2.32. The van der Waals surface area contributed by atoms with Crippen LogP contribution in [0.25, 0.3) is 0 Å². The van der Waals surface area contributed by atoms with Crippen LogP contribution in [0.1, 0.15) is 47.0 Å². The number of carboxylic acid groups (broad SMARTS) is 1. The Morgan fingerprint density at radius 1 is 1.10 bits per heavy atom. The largest absolute Gasteiger partial charge is 0.481 e. The lowest BCUT2D eigenvalue weighted by Gasteiger charge is -2.38. The van der Waals surface area contributed by atoms with Crippen LogP contribution >= 0.6 is 0 Å².